The maximum atomic E-state index is 17.4. The summed E-state index contributed by atoms with van der Waals surface area (Å²) in [5.41, 5.74) is -6.68. The number of rotatable bonds is 4. The standard InChI is InChI=1S/C25H30BrFO8/c1-12(28)34-11-19(32)25(33)20(35-13(2)29)9-16-21-17(26)8-14-7-15(30)5-6-22(14,3)24(21,27)18(31)10-23(16,25)4/h5-7,16-18,20-21,31,33H,8-11H2,1-4H3/t16-,17+,18-,20+,21+,22-,23-,24+,25+/m0/s1. The van der Waals surface area contributed by atoms with Crippen molar-refractivity contribution >= 4 is 39.4 Å². The van der Waals surface area contributed by atoms with Gasteiger partial charge in [-0.05, 0) is 44.3 Å². The minimum absolute atomic E-state index is 0.0265. The number of halogens is 2. The Bertz CT molecular complexity index is 1060. The molecule has 4 rings (SSSR count). The molecule has 0 aromatic rings. The van der Waals surface area contributed by atoms with Gasteiger partial charge in [-0.25, -0.2) is 4.39 Å². The van der Waals surface area contributed by atoms with Crippen molar-refractivity contribution in [3.8, 4) is 0 Å². The molecule has 2 N–H and O–H groups in total. The molecule has 35 heavy (non-hydrogen) atoms. The quantitative estimate of drug-likeness (QED) is 0.398. The molecule has 10 heteroatoms. The van der Waals surface area contributed by atoms with Crippen LogP contribution in [0.3, 0.4) is 0 Å². The summed E-state index contributed by atoms with van der Waals surface area (Å²) >= 11 is 3.58. The van der Waals surface area contributed by atoms with Gasteiger partial charge in [0.25, 0.3) is 0 Å². The molecule has 0 amide bonds. The normalized spacial score (nSPS) is 46.1. The molecule has 3 saturated carbocycles. The summed E-state index contributed by atoms with van der Waals surface area (Å²) in [7, 11) is 0. The van der Waals surface area contributed by atoms with E-state index in [-0.39, 0.29) is 18.6 Å². The van der Waals surface area contributed by atoms with Gasteiger partial charge in [-0.1, -0.05) is 34.5 Å². The summed E-state index contributed by atoms with van der Waals surface area (Å²) in [4.78, 5) is 48.1. The van der Waals surface area contributed by atoms with Gasteiger partial charge in [-0.15, -0.1) is 0 Å². The number of hydrogen-bond donors (Lipinski definition) is 2. The fraction of sp³-hybridized carbons (Fsp3) is 0.680. The average molecular weight is 557 g/mol. The number of esters is 2. The van der Waals surface area contributed by atoms with Gasteiger partial charge in [-0.2, -0.15) is 0 Å². The molecule has 8 nitrogen and oxygen atoms in total. The summed E-state index contributed by atoms with van der Waals surface area (Å²) in [5.74, 6) is -4.18. The number of ketones is 2. The van der Waals surface area contributed by atoms with Crippen molar-refractivity contribution in [2.45, 2.75) is 75.3 Å². The molecule has 192 valence electrons. The molecule has 0 radical (unpaired) electrons. The van der Waals surface area contributed by atoms with Gasteiger partial charge in [0.15, 0.2) is 23.7 Å². The number of fused-ring (bicyclic) bond motifs is 5. The van der Waals surface area contributed by atoms with Gasteiger partial charge >= 0.3 is 11.9 Å². The van der Waals surface area contributed by atoms with E-state index in [1.165, 1.54) is 18.2 Å². The number of carbonyl (C=O) groups is 4. The second-order valence-electron chi connectivity index (χ2n) is 10.7. The monoisotopic (exact) mass is 556 g/mol. The summed E-state index contributed by atoms with van der Waals surface area (Å²) < 4.78 is 27.6. The molecule has 0 aliphatic heterocycles. The van der Waals surface area contributed by atoms with Gasteiger partial charge in [-0.3, -0.25) is 19.2 Å². The number of aliphatic hydroxyl groups excluding tert-OH is 1. The summed E-state index contributed by atoms with van der Waals surface area (Å²) in [6, 6.07) is 0. The highest BCUT2D eigenvalue weighted by molar-refractivity contribution is 9.09. The Labute approximate surface area is 211 Å². The Kier molecular flexibility index (Phi) is 6.21. The minimum atomic E-state index is -2.32. The van der Waals surface area contributed by atoms with Gasteiger partial charge in [0.1, 0.15) is 6.10 Å². The SMILES string of the molecule is CC(=O)OCC(=O)[C@@]1(O)[C@H](OC(C)=O)C[C@H]2[C@@H]3[C@H](Br)CC4=CC(=O)C=C[C@]4(C)[C@@]3(F)[C@@H](O)C[C@@]21C. The number of aliphatic hydroxyl groups is 2. The zero-order valence-corrected chi connectivity index (χ0v) is 21.6. The van der Waals surface area contributed by atoms with Crippen molar-refractivity contribution in [1.29, 1.82) is 0 Å². The molecule has 0 bridgehead atoms. The van der Waals surface area contributed by atoms with Crippen molar-refractivity contribution in [2.24, 2.45) is 22.7 Å². The lowest BCUT2D eigenvalue weighted by molar-refractivity contribution is -0.222. The van der Waals surface area contributed by atoms with Crippen molar-refractivity contribution in [1.82, 2.24) is 0 Å². The van der Waals surface area contributed by atoms with Crippen molar-refractivity contribution < 1.29 is 43.3 Å². The molecule has 4 aliphatic carbocycles. The minimum Gasteiger partial charge on any atom is -0.459 e. The lowest BCUT2D eigenvalue weighted by Gasteiger charge is -2.63. The molecular formula is C25H30BrFO8. The first-order chi connectivity index (χ1) is 16.1. The van der Waals surface area contributed by atoms with E-state index in [9.17, 15) is 29.4 Å². The van der Waals surface area contributed by atoms with Crippen LogP contribution in [0.15, 0.2) is 23.8 Å². The molecule has 0 aromatic carbocycles. The lowest BCUT2D eigenvalue weighted by atomic mass is 9.44. The first kappa shape index (κ1) is 26.2. The van der Waals surface area contributed by atoms with Gasteiger partial charge in [0.05, 0.1) is 6.10 Å². The molecule has 3 fully saturated rings. The smallest absolute Gasteiger partial charge is 0.303 e. The maximum Gasteiger partial charge on any atom is 0.303 e. The predicted molar refractivity (Wildman–Crippen MR) is 124 cm³/mol. The van der Waals surface area contributed by atoms with Crippen LogP contribution in [-0.2, 0) is 28.7 Å². The number of allylic oxidation sites excluding steroid dienone is 4. The molecule has 0 unspecified atom stereocenters. The van der Waals surface area contributed by atoms with Crippen LogP contribution in [0.25, 0.3) is 0 Å². The van der Waals surface area contributed by atoms with Crippen LogP contribution in [0.5, 0.6) is 0 Å². The van der Waals surface area contributed by atoms with Gasteiger partial charge in [0.2, 0.25) is 5.78 Å². The van der Waals surface area contributed by atoms with E-state index in [0.717, 1.165) is 13.8 Å². The third-order valence-corrected chi connectivity index (χ3v) is 9.84. The highest BCUT2D eigenvalue weighted by atomic mass is 79.9. The van der Waals surface area contributed by atoms with Crippen LogP contribution < -0.4 is 0 Å². The van der Waals surface area contributed by atoms with E-state index in [0.29, 0.717) is 12.0 Å². The van der Waals surface area contributed by atoms with Crippen LogP contribution in [0, 0.1) is 22.7 Å². The predicted octanol–water partition coefficient (Wildman–Crippen LogP) is 2.14. The Morgan fingerprint density at radius 2 is 1.89 bits per heavy atom. The first-order valence-electron chi connectivity index (χ1n) is 11.6. The topological polar surface area (TPSA) is 127 Å². The van der Waals surface area contributed by atoms with E-state index in [4.69, 9.17) is 9.47 Å². The van der Waals surface area contributed by atoms with Crippen LogP contribution >= 0.6 is 15.9 Å². The van der Waals surface area contributed by atoms with E-state index in [2.05, 4.69) is 15.9 Å². The van der Waals surface area contributed by atoms with Gasteiger partial charge in [0, 0.05) is 35.4 Å². The average Bonchev–Trinajstić information content (AvgIpc) is 2.96. The zero-order valence-electron chi connectivity index (χ0n) is 20.0. The Morgan fingerprint density at radius 3 is 2.49 bits per heavy atom. The second-order valence-corrected chi connectivity index (χ2v) is 11.8. The zero-order chi connectivity index (χ0) is 26.1. The fourth-order valence-corrected chi connectivity index (χ4v) is 8.35. The molecular weight excluding hydrogens is 527 g/mol. The Hall–Kier alpha value is -1.91. The largest absolute Gasteiger partial charge is 0.459 e. The van der Waals surface area contributed by atoms with Crippen LogP contribution in [-0.4, -0.2) is 68.6 Å². The second kappa shape index (κ2) is 8.31. The van der Waals surface area contributed by atoms with Crippen molar-refractivity contribution in [3.63, 3.8) is 0 Å². The number of ether oxygens (including phenoxy) is 2. The summed E-state index contributed by atoms with van der Waals surface area (Å²) in [6.07, 6.45) is 1.24. The third kappa shape index (κ3) is 3.43. The first-order valence-corrected chi connectivity index (χ1v) is 12.6. The highest BCUT2D eigenvalue weighted by Crippen LogP contribution is 2.70. The number of hydrogen-bond acceptors (Lipinski definition) is 8. The van der Waals surface area contributed by atoms with Crippen molar-refractivity contribution in [3.05, 3.63) is 23.8 Å². The number of carbonyl (C=O) groups excluding carboxylic acids is 4. The summed E-state index contributed by atoms with van der Waals surface area (Å²) in [6.45, 7) is 4.75. The maximum absolute atomic E-state index is 17.4. The summed E-state index contributed by atoms with van der Waals surface area (Å²) in [5, 5.41) is 23.3. The van der Waals surface area contributed by atoms with Gasteiger partial charge < -0.3 is 19.7 Å². The Morgan fingerprint density at radius 1 is 1.23 bits per heavy atom. The van der Waals surface area contributed by atoms with Crippen LogP contribution in [0.1, 0.15) is 47.0 Å². The molecule has 0 saturated heterocycles. The van der Waals surface area contributed by atoms with E-state index < -0.39 is 75.3 Å². The molecule has 0 heterocycles. The molecule has 4 aliphatic rings. The molecule has 0 spiro atoms. The molecule has 9 atom stereocenters. The number of Topliss-reactive ketones (excluding diaryl/α,β-unsaturated/α-hetero) is 1. The van der Waals surface area contributed by atoms with E-state index in [1.54, 1.807) is 13.8 Å². The van der Waals surface area contributed by atoms with E-state index in [1.807, 2.05) is 0 Å². The highest BCUT2D eigenvalue weighted by Gasteiger charge is 2.78. The number of alkyl halides is 2. The van der Waals surface area contributed by atoms with Crippen LogP contribution in [0.2, 0.25) is 0 Å². The molecule has 0 aromatic heterocycles. The van der Waals surface area contributed by atoms with E-state index >= 15 is 4.39 Å². The fourth-order valence-electron chi connectivity index (χ4n) is 7.25. The third-order valence-electron chi connectivity index (χ3n) is 8.95. The van der Waals surface area contributed by atoms with Crippen LogP contribution in [0.4, 0.5) is 4.39 Å². The Balaban J connectivity index is 1.84. The lowest BCUT2D eigenvalue weighted by Crippen LogP contribution is -2.71. The van der Waals surface area contributed by atoms with Crippen molar-refractivity contribution in [2.75, 3.05) is 6.61 Å².